The van der Waals surface area contributed by atoms with E-state index in [4.69, 9.17) is 18.9 Å². The number of aliphatic hydroxyl groups is 1. The fourth-order valence-electron chi connectivity index (χ4n) is 5.04. The lowest BCUT2D eigenvalue weighted by atomic mass is 9.86. The minimum Gasteiger partial charge on any atom is -0.491 e. The molecule has 184 valence electrons. The van der Waals surface area contributed by atoms with Crippen molar-refractivity contribution >= 4 is 5.97 Å². The second-order valence-electron chi connectivity index (χ2n) is 9.57. The van der Waals surface area contributed by atoms with Crippen molar-refractivity contribution < 1.29 is 28.8 Å². The van der Waals surface area contributed by atoms with E-state index in [1.807, 2.05) is 50.3 Å². The van der Waals surface area contributed by atoms with Gasteiger partial charge in [-0.1, -0.05) is 30.4 Å². The maximum absolute atomic E-state index is 11.8. The Morgan fingerprint density at radius 3 is 2.76 bits per heavy atom. The van der Waals surface area contributed by atoms with Gasteiger partial charge in [0.2, 0.25) is 0 Å². The molecule has 2 fully saturated rings. The van der Waals surface area contributed by atoms with Crippen LogP contribution in [0.5, 0.6) is 5.75 Å². The first-order chi connectivity index (χ1) is 16.0. The zero-order valence-corrected chi connectivity index (χ0v) is 20.2. The van der Waals surface area contributed by atoms with E-state index in [-0.39, 0.29) is 36.8 Å². The summed E-state index contributed by atoms with van der Waals surface area (Å²) >= 11 is 0. The summed E-state index contributed by atoms with van der Waals surface area (Å²) < 4.78 is 23.0. The molecule has 1 aliphatic carbocycles. The molecule has 0 amide bonds. The molecule has 0 aromatic heterocycles. The van der Waals surface area contributed by atoms with Gasteiger partial charge in [-0.3, -0.25) is 4.79 Å². The zero-order valence-electron chi connectivity index (χ0n) is 20.2. The van der Waals surface area contributed by atoms with Gasteiger partial charge in [0, 0.05) is 32.5 Å². The van der Waals surface area contributed by atoms with Gasteiger partial charge in [-0.25, -0.2) is 0 Å². The molecule has 6 nitrogen and oxygen atoms in total. The smallest absolute Gasteiger partial charge is 0.306 e. The van der Waals surface area contributed by atoms with Crippen LogP contribution in [0.25, 0.3) is 0 Å². The van der Waals surface area contributed by atoms with Gasteiger partial charge in [0.15, 0.2) is 0 Å². The van der Waals surface area contributed by atoms with Crippen LogP contribution in [-0.2, 0) is 19.0 Å². The van der Waals surface area contributed by atoms with E-state index in [9.17, 15) is 9.90 Å². The lowest BCUT2D eigenvalue weighted by molar-refractivity contribution is -0.147. The second kappa shape index (κ2) is 13.1. The topological polar surface area (TPSA) is 74.2 Å². The van der Waals surface area contributed by atoms with Crippen molar-refractivity contribution in [2.75, 3.05) is 20.3 Å². The number of esters is 1. The standard InChI is InChI=1S/C27H40O6/c1-19(2)33-27(29)11-7-8-20-12-14-24-23(25(30-3)16-26(24)32-17-20)15-13-21(28)18-31-22-9-5-4-6-10-22/h4-6,9-10,13,15,19-21,23-26,28H,7-8,11-12,14,16-18H2,1-3H3/b15-13+/t20-,21+,23+,24+,25+,26-/m0/s1. The van der Waals surface area contributed by atoms with Crippen LogP contribution in [0.15, 0.2) is 42.5 Å². The van der Waals surface area contributed by atoms with Crippen LogP contribution in [0.3, 0.4) is 0 Å². The summed E-state index contributed by atoms with van der Waals surface area (Å²) in [4.78, 5) is 11.8. The third kappa shape index (κ3) is 8.13. The van der Waals surface area contributed by atoms with E-state index in [1.165, 1.54) is 0 Å². The van der Waals surface area contributed by atoms with Gasteiger partial charge in [-0.2, -0.15) is 0 Å². The van der Waals surface area contributed by atoms with Gasteiger partial charge in [0.1, 0.15) is 18.5 Å². The largest absolute Gasteiger partial charge is 0.491 e. The van der Waals surface area contributed by atoms with Gasteiger partial charge in [-0.15, -0.1) is 0 Å². The number of aliphatic hydroxyl groups excluding tert-OH is 1. The van der Waals surface area contributed by atoms with Crippen molar-refractivity contribution in [3.8, 4) is 5.75 Å². The highest BCUT2D eigenvalue weighted by Gasteiger charge is 2.44. The average Bonchev–Trinajstić information content (AvgIpc) is 3.01. The first kappa shape index (κ1) is 25.7. The van der Waals surface area contributed by atoms with E-state index in [0.717, 1.165) is 44.5 Å². The molecule has 0 radical (unpaired) electrons. The van der Waals surface area contributed by atoms with Crippen LogP contribution in [0.4, 0.5) is 0 Å². The number of methoxy groups -OCH3 is 1. The highest BCUT2D eigenvalue weighted by molar-refractivity contribution is 5.69. The molecule has 2 aliphatic rings. The molecule has 0 spiro atoms. The quantitative estimate of drug-likeness (QED) is 0.386. The summed E-state index contributed by atoms with van der Waals surface area (Å²) in [6, 6.07) is 9.52. The van der Waals surface area contributed by atoms with Gasteiger partial charge in [-0.05, 0) is 63.5 Å². The van der Waals surface area contributed by atoms with Crippen molar-refractivity contribution in [3.05, 3.63) is 42.5 Å². The predicted molar refractivity (Wildman–Crippen MR) is 127 cm³/mol. The van der Waals surface area contributed by atoms with E-state index >= 15 is 0 Å². The molecule has 6 heteroatoms. The number of hydrogen-bond acceptors (Lipinski definition) is 6. The summed E-state index contributed by atoms with van der Waals surface area (Å²) in [5, 5.41) is 10.4. The Morgan fingerprint density at radius 2 is 2.03 bits per heavy atom. The Labute approximate surface area is 198 Å². The molecule has 1 aromatic rings. The Morgan fingerprint density at radius 1 is 1.24 bits per heavy atom. The normalized spacial score (nSPS) is 28.5. The molecule has 3 rings (SSSR count). The van der Waals surface area contributed by atoms with Crippen molar-refractivity contribution in [2.24, 2.45) is 17.8 Å². The Kier molecular flexibility index (Phi) is 10.2. The van der Waals surface area contributed by atoms with E-state index in [2.05, 4.69) is 6.08 Å². The van der Waals surface area contributed by atoms with Crippen LogP contribution >= 0.6 is 0 Å². The lowest BCUT2D eigenvalue weighted by Gasteiger charge is -2.22. The molecule has 1 saturated carbocycles. The third-order valence-electron chi connectivity index (χ3n) is 6.70. The Hall–Kier alpha value is -1.89. The number of rotatable bonds is 11. The number of hydrogen-bond donors (Lipinski definition) is 1. The molecule has 1 heterocycles. The molecule has 1 aromatic carbocycles. The summed E-state index contributed by atoms with van der Waals surface area (Å²) in [5.41, 5.74) is 0. The van der Waals surface area contributed by atoms with Crippen molar-refractivity contribution in [2.45, 2.75) is 76.8 Å². The van der Waals surface area contributed by atoms with E-state index in [1.54, 1.807) is 7.11 Å². The van der Waals surface area contributed by atoms with Crippen molar-refractivity contribution in [1.82, 2.24) is 0 Å². The number of fused-ring (bicyclic) bond motifs is 1. The SMILES string of the molecule is CO[C@@H]1C[C@@H]2OC[C@@H](CCCC(=O)OC(C)C)CC[C@@H]2[C@H]1/C=C/[C@@H](O)COc1ccccc1. The summed E-state index contributed by atoms with van der Waals surface area (Å²) in [5.74, 6) is 1.70. The van der Waals surface area contributed by atoms with E-state index < -0.39 is 6.10 Å². The maximum Gasteiger partial charge on any atom is 0.306 e. The average molecular weight is 461 g/mol. The summed E-state index contributed by atoms with van der Waals surface area (Å²) in [6.45, 7) is 4.71. The Balaban J connectivity index is 1.48. The molecule has 1 saturated heterocycles. The van der Waals surface area contributed by atoms with Crippen LogP contribution < -0.4 is 4.74 Å². The first-order valence-electron chi connectivity index (χ1n) is 12.3. The molecule has 0 bridgehead atoms. The number of benzene rings is 1. The van der Waals surface area contributed by atoms with Crippen molar-refractivity contribution in [1.29, 1.82) is 0 Å². The monoisotopic (exact) mass is 460 g/mol. The molecule has 0 unspecified atom stereocenters. The lowest BCUT2D eigenvalue weighted by Crippen LogP contribution is -2.23. The highest BCUT2D eigenvalue weighted by Crippen LogP contribution is 2.43. The van der Waals surface area contributed by atoms with Crippen LogP contribution in [0.2, 0.25) is 0 Å². The Bertz CT molecular complexity index is 733. The number of ether oxygens (including phenoxy) is 4. The number of carbonyl (C=O) groups excluding carboxylic acids is 1. The van der Waals surface area contributed by atoms with Gasteiger partial charge < -0.3 is 24.1 Å². The van der Waals surface area contributed by atoms with Gasteiger partial charge in [0.05, 0.1) is 18.3 Å². The third-order valence-corrected chi connectivity index (χ3v) is 6.70. The maximum atomic E-state index is 11.8. The molecular formula is C27H40O6. The van der Waals surface area contributed by atoms with Crippen LogP contribution in [-0.4, -0.2) is 55.8 Å². The fraction of sp³-hybridized carbons (Fsp3) is 0.667. The molecule has 1 N–H and O–H groups in total. The minimum atomic E-state index is -0.674. The van der Waals surface area contributed by atoms with Gasteiger partial charge in [0.25, 0.3) is 0 Å². The van der Waals surface area contributed by atoms with Crippen LogP contribution in [0, 0.1) is 17.8 Å². The predicted octanol–water partition coefficient (Wildman–Crippen LogP) is 4.55. The molecule has 6 atom stereocenters. The second-order valence-corrected chi connectivity index (χ2v) is 9.57. The molecule has 33 heavy (non-hydrogen) atoms. The number of carbonyl (C=O) groups is 1. The number of para-hydroxylation sites is 1. The van der Waals surface area contributed by atoms with Crippen LogP contribution in [0.1, 0.15) is 52.4 Å². The van der Waals surface area contributed by atoms with E-state index in [0.29, 0.717) is 18.3 Å². The first-order valence-corrected chi connectivity index (χ1v) is 12.3. The minimum absolute atomic E-state index is 0.0553. The van der Waals surface area contributed by atoms with Gasteiger partial charge >= 0.3 is 5.97 Å². The summed E-state index contributed by atoms with van der Waals surface area (Å²) in [6.07, 6.45) is 8.81. The van der Waals surface area contributed by atoms with Crippen molar-refractivity contribution in [3.63, 3.8) is 0 Å². The fourth-order valence-corrected chi connectivity index (χ4v) is 5.04. The highest BCUT2D eigenvalue weighted by atomic mass is 16.5. The summed E-state index contributed by atoms with van der Waals surface area (Å²) in [7, 11) is 1.75. The molecular weight excluding hydrogens is 420 g/mol. The molecule has 1 aliphatic heterocycles. The zero-order chi connectivity index (χ0) is 23.6.